The van der Waals surface area contributed by atoms with Crippen LogP contribution in [0.5, 0.6) is 0 Å². The molecule has 2 rings (SSSR count). The normalized spacial score (nSPS) is 11.3. The van der Waals surface area contributed by atoms with Gasteiger partial charge in [-0.15, -0.1) is 5.10 Å². The first kappa shape index (κ1) is 17.9. The van der Waals surface area contributed by atoms with Crippen molar-refractivity contribution in [2.75, 3.05) is 25.0 Å². The van der Waals surface area contributed by atoms with Gasteiger partial charge < -0.3 is 10.2 Å². The van der Waals surface area contributed by atoms with Crippen molar-refractivity contribution in [2.24, 2.45) is 0 Å². The molecule has 1 heterocycles. The lowest BCUT2D eigenvalue weighted by atomic mass is 9.96. The molecule has 0 aliphatic rings. The van der Waals surface area contributed by atoms with Gasteiger partial charge in [0, 0.05) is 31.2 Å². The Morgan fingerprint density at radius 3 is 2.62 bits per heavy atom. The molecule has 1 aromatic heterocycles. The lowest BCUT2D eigenvalue weighted by Gasteiger charge is -2.19. The number of amides is 1. The molecule has 0 fully saturated rings. The van der Waals surface area contributed by atoms with Crippen LogP contribution in [0.25, 0.3) is 0 Å². The van der Waals surface area contributed by atoms with Crippen LogP contribution in [0, 0.1) is 0 Å². The van der Waals surface area contributed by atoms with Crippen LogP contribution in [0.2, 0.25) is 0 Å². The zero-order valence-corrected chi connectivity index (χ0v) is 14.9. The summed E-state index contributed by atoms with van der Waals surface area (Å²) in [5.41, 5.74) is 0.981. The Labute approximate surface area is 143 Å². The van der Waals surface area contributed by atoms with Gasteiger partial charge >= 0.3 is 0 Å². The van der Waals surface area contributed by atoms with Crippen molar-refractivity contribution >= 4 is 11.6 Å². The van der Waals surface area contributed by atoms with Crippen molar-refractivity contribution in [3.05, 3.63) is 36.2 Å². The second kappa shape index (κ2) is 7.90. The topological polar surface area (TPSA) is 75.9 Å². The molecule has 130 valence electrons. The van der Waals surface area contributed by atoms with E-state index in [0.29, 0.717) is 12.4 Å². The highest BCUT2D eigenvalue weighted by atomic mass is 16.2. The van der Waals surface area contributed by atoms with E-state index in [1.54, 1.807) is 4.68 Å². The smallest absolute Gasteiger partial charge is 0.241 e. The van der Waals surface area contributed by atoms with Crippen LogP contribution in [0.3, 0.4) is 0 Å². The van der Waals surface area contributed by atoms with Gasteiger partial charge in [-0.1, -0.05) is 39.0 Å². The van der Waals surface area contributed by atoms with E-state index in [9.17, 15) is 4.79 Å². The summed E-state index contributed by atoms with van der Waals surface area (Å²) in [6.07, 6.45) is 0.874. The first-order valence-electron chi connectivity index (χ1n) is 8.17. The monoisotopic (exact) mass is 330 g/mol. The number of carbonyl (C=O) groups is 1. The molecule has 0 radical (unpaired) electrons. The minimum atomic E-state index is -0.192. The standard InChI is InChI=1S/C17H26N6O/c1-17(2,3)16-19-20-21-23(16)13-15(24)18-11-8-12-22(4)14-9-6-5-7-10-14/h5-7,9-10H,8,11-13H2,1-4H3,(H,18,24). The summed E-state index contributed by atoms with van der Waals surface area (Å²) in [6.45, 7) is 7.71. The van der Waals surface area contributed by atoms with Gasteiger partial charge in [0.2, 0.25) is 5.91 Å². The quantitative estimate of drug-likeness (QED) is 0.781. The number of rotatable bonds is 7. The van der Waals surface area contributed by atoms with Crippen molar-refractivity contribution < 1.29 is 4.79 Å². The predicted molar refractivity (Wildman–Crippen MR) is 93.9 cm³/mol. The van der Waals surface area contributed by atoms with E-state index in [2.05, 4.69) is 37.9 Å². The van der Waals surface area contributed by atoms with Crippen molar-refractivity contribution in [3.63, 3.8) is 0 Å². The van der Waals surface area contributed by atoms with Gasteiger partial charge in [-0.05, 0) is 29.0 Å². The van der Waals surface area contributed by atoms with Crippen LogP contribution in [0.4, 0.5) is 5.69 Å². The second-order valence-electron chi connectivity index (χ2n) is 6.87. The Balaban J connectivity index is 1.73. The summed E-state index contributed by atoms with van der Waals surface area (Å²) < 4.78 is 1.56. The predicted octanol–water partition coefficient (Wildman–Crippen LogP) is 1.61. The average Bonchev–Trinajstić information content (AvgIpc) is 3.00. The zero-order valence-electron chi connectivity index (χ0n) is 14.9. The van der Waals surface area contributed by atoms with E-state index in [0.717, 1.165) is 13.0 Å². The van der Waals surface area contributed by atoms with Crippen molar-refractivity contribution in [2.45, 2.75) is 39.2 Å². The van der Waals surface area contributed by atoms with Crippen LogP contribution in [0.1, 0.15) is 33.0 Å². The lowest BCUT2D eigenvalue weighted by molar-refractivity contribution is -0.121. The SMILES string of the molecule is CN(CCCNC(=O)Cn1nnnc1C(C)(C)C)c1ccccc1. The van der Waals surface area contributed by atoms with Crippen molar-refractivity contribution in [1.82, 2.24) is 25.5 Å². The Morgan fingerprint density at radius 2 is 1.96 bits per heavy atom. The van der Waals surface area contributed by atoms with E-state index >= 15 is 0 Å². The molecule has 7 nitrogen and oxygen atoms in total. The third kappa shape index (κ3) is 5.04. The third-order valence-electron chi connectivity index (χ3n) is 3.69. The maximum absolute atomic E-state index is 12.1. The molecular weight excluding hydrogens is 304 g/mol. The Morgan fingerprint density at radius 1 is 1.25 bits per heavy atom. The molecule has 0 saturated heterocycles. The first-order valence-corrected chi connectivity index (χ1v) is 8.17. The number of carbonyl (C=O) groups excluding carboxylic acids is 1. The Hall–Kier alpha value is -2.44. The van der Waals surface area contributed by atoms with Crippen LogP contribution < -0.4 is 10.2 Å². The van der Waals surface area contributed by atoms with Gasteiger partial charge in [-0.25, -0.2) is 4.68 Å². The van der Waals surface area contributed by atoms with Crippen LogP contribution in [-0.2, 0) is 16.8 Å². The fourth-order valence-electron chi connectivity index (χ4n) is 2.40. The minimum Gasteiger partial charge on any atom is -0.375 e. The number of hydrogen-bond donors (Lipinski definition) is 1. The fourth-order valence-corrected chi connectivity index (χ4v) is 2.40. The van der Waals surface area contributed by atoms with Crippen LogP contribution >= 0.6 is 0 Å². The van der Waals surface area contributed by atoms with Gasteiger partial charge in [0.25, 0.3) is 0 Å². The van der Waals surface area contributed by atoms with E-state index in [-0.39, 0.29) is 17.9 Å². The summed E-state index contributed by atoms with van der Waals surface area (Å²) >= 11 is 0. The summed E-state index contributed by atoms with van der Waals surface area (Å²) in [7, 11) is 2.05. The highest BCUT2D eigenvalue weighted by Gasteiger charge is 2.22. The highest BCUT2D eigenvalue weighted by Crippen LogP contribution is 2.18. The molecule has 0 bridgehead atoms. The molecule has 1 N–H and O–H groups in total. The summed E-state index contributed by atoms with van der Waals surface area (Å²) in [5, 5.41) is 14.5. The molecule has 1 amide bonds. The molecule has 1 aromatic carbocycles. The maximum Gasteiger partial charge on any atom is 0.241 e. The molecule has 0 aliphatic heterocycles. The van der Waals surface area contributed by atoms with Crippen molar-refractivity contribution in [1.29, 1.82) is 0 Å². The second-order valence-corrected chi connectivity index (χ2v) is 6.87. The van der Waals surface area contributed by atoms with Crippen LogP contribution in [-0.4, -0.2) is 46.3 Å². The molecular formula is C17H26N6O. The number of nitrogens with one attached hydrogen (secondary N) is 1. The number of hydrogen-bond acceptors (Lipinski definition) is 5. The van der Waals surface area contributed by atoms with Crippen molar-refractivity contribution in [3.8, 4) is 0 Å². The van der Waals surface area contributed by atoms with Gasteiger partial charge in [0.15, 0.2) is 5.82 Å². The third-order valence-corrected chi connectivity index (χ3v) is 3.69. The van der Waals surface area contributed by atoms with Gasteiger partial charge in [0.05, 0.1) is 0 Å². The first-order chi connectivity index (χ1) is 11.4. The Kier molecular flexibility index (Phi) is 5.89. The zero-order chi connectivity index (χ0) is 17.6. The molecule has 0 unspecified atom stereocenters. The molecule has 0 atom stereocenters. The lowest BCUT2D eigenvalue weighted by Crippen LogP contribution is -2.32. The van der Waals surface area contributed by atoms with Gasteiger partial charge in [-0.2, -0.15) is 0 Å². The fraction of sp³-hybridized carbons (Fsp3) is 0.529. The average molecular weight is 330 g/mol. The number of nitrogens with zero attached hydrogens (tertiary/aromatic N) is 5. The molecule has 0 spiro atoms. The number of tetrazole rings is 1. The summed E-state index contributed by atoms with van der Waals surface area (Å²) in [5.74, 6) is 0.636. The van der Waals surface area contributed by atoms with E-state index < -0.39 is 0 Å². The highest BCUT2D eigenvalue weighted by molar-refractivity contribution is 5.75. The van der Waals surface area contributed by atoms with Gasteiger partial charge in [-0.3, -0.25) is 4.79 Å². The maximum atomic E-state index is 12.1. The number of para-hydroxylation sites is 1. The molecule has 7 heteroatoms. The van der Waals surface area contributed by atoms with Gasteiger partial charge in [0.1, 0.15) is 6.54 Å². The number of aromatic nitrogens is 4. The molecule has 0 saturated carbocycles. The minimum absolute atomic E-state index is 0.0739. The van der Waals surface area contributed by atoms with E-state index in [1.165, 1.54) is 5.69 Å². The Bertz CT molecular complexity index is 647. The molecule has 24 heavy (non-hydrogen) atoms. The largest absolute Gasteiger partial charge is 0.375 e. The summed E-state index contributed by atoms with van der Waals surface area (Å²) in [4.78, 5) is 14.2. The van der Waals surface area contributed by atoms with E-state index in [1.807, 2.05) is 46.0 Å². The van der Waals surface area contributed by atoms with E-state index in [4.69, 9.17) is 0 Å². The summed E-state index contributed by atoms with van der Waals surface area (Å²) in [6, 6.07) is 10.2. The van der Waals surface area contributed by atoms with Crippen LogP contribution in [0.15, 0.2) is 30.3 Å². The number of anilines is 1. The number of benzene rings is 1. The molecule has 2 aromatic rings. The molecule has 0 aliphatic carbocycles.